The molecule has 0 unspecified atom stereocenters. The van der Waals surface area contributed by atoms with E-state index in [1.165, 1.54) is 9.20 Å². The molecule has 0 aromatic heterocycles. The van der Waals surface area contributed by atoms with Crippen molar-refractivity contribution in [3.8, 4) is 0 Å². The summed E-state index contributed by atoms with van der Waals surface area (Å²) < 4.78 is 27.0. The van der Waals surface area contributed by atoms with Gasteiger partial charge in [0.25, 0.3) is 5.91 Å². The molecular formula is C21H26N4O3S2. The van der Waals surface area contributed by atoms with Gasteiger partial charge < -0.3 is 0 Å². The Balaban J connectivity index is 1.46. The number of hydrogen-bond acceptors (Lipinski definition) is 6. The summed E-state index contributed by atoms with van der Waals surface area (Å²) >= 11 is 1.67. The lowest BCUT2D eigenvalue weighted by Gasteiger charge is -2.33. The van der Waals surface area contributed by atoms with Crippen LogP contribution in [-0.4, -0.2) is 68.7 Å². The zero-order valence-corrected chi connectivity index (χ0v) is 18.7. The number of amides is 1. The average Bonchev–Trinajstić information content (AvgIpc) is 2.75. The van der Waals surface area contributed by atoms with Crippen LogP contribution in [0.15, 0.2) is 63.4 Å². The third-order valence-electron chi connectivity index (χ3n) is 4.88. The van der Waals surface area contributed by atoms with Gasteiger partial charge in [0.15, 0.2) is 0 Å². The van der Waals surface area contributed by atoms with Crippen molar-refractivity contribution in [3.05, 3.63) is 59.7 Å². The van der Waals surface area contributed by atoms with E-state index in [2.05, 4.69) is 10.5 Å². The standard InChI is InChI=1S/C21H26N4O3S2/c1-17-3-9-20(10-4-17)30(27,28)25-13-11-24(12-14-25)16-21(26)23-22-15-18-5-7-19(29-2)8-6-18/h3-10,15H,11-14,16H2,1-2H3,(H,23,26)/b22-15+. The lowest BCUT2D eigenvalue weighted by atomic mass is 10.2. The third-order valence-corrected chi connectivity index (χ3v) is 7.53. The predicted molar refractivity (Wildman–Crippen MR) is 120 cm³/mol. The van der Waals surface area contributed by atoms with Crippen LogP contribution < -0.4 is 5.43 Å². The van der Waals surface area contributed by atoms with Crippen LogP contribution in [0.5, 0.6) is 0 Å². The minimum atomic E-state index is -3.50. The molecule has 1 fully saturated rings. The number of rotatable bonds is 7. The molecule has 0 atom stereocenters. The highest BCUT2D eigenvalue weighted by molar-refractivity contribution is 7.98. The number of hydrazone groups is 1. The molecule has 0 bridgehead atoms. The first-order valence-electron chi connectivity index (χ1n) is 9.63. The number of hydrogen-bond donors (Lipinski definition) is 1. The number of sulfonamides is 1. The Kier molecular flexibility index (Phi) is 7.65. The van der Waals surface area contributed by atoms with Gasteiger partial charge in [-0.1, -0.05) is 29.8 Å². The number of benzene rings is 2. The maximum Gasteiger partial charge on any atom is 0.254 e. The molecule has 30 heavy (non-hydrogen) atoms. The van der Waals surface area contributed by atoms with Crippen LogP contribution in [0, 0.1) is 6.92 Å². The molecule has 0 spiro atoms. The highest BCUT2D eigenvalue weighted by atomic mass is 32.2. The zero-order valence-electron chi connectivity index (χ0n) is 17.1. The fourth-order valence-electron chi connectivity index (χ4n) is 3.09. The van der Waals surface area contributed by atoms with Gasteiger partial charge in [0.2, 0.25) is 10.0 Å². The summed E-state index contributed by atoms with van der Waals surface area (Å²) in [6.07, 6.45) is 3.62. The number of aryl methyl sites for hydroxylation is 1. The molecule has 1 N–H and O–H groups in total. The summed E-state index contributed by atoms with van der Waals surface area (Å²) in [5.74, 6) is -0.221. The van der Waals surface area contributed by atoms with Gasteiger partial charge in [0, 0.05) is 31.1 Å². The lowest BCUT2D eigenvalue weighted by Crippen LogP contribution is -2.50. The van der Waals surface area contributed by atoms with Crippen LogP contribution in [0.1, 0.15) is 11.1 Å². The number of nitrogens with one attached hydrogen (secondary N) is 1. The van der Waals surface area contributed by atoms with E-state index in [4.69, 9.17) is 0 Å². The molecule has 1 aliphatic rings. The van der Waals surface area contributed by atoms with Crippen LogP contribution in [-0.2, 0) is 14.8 Å². The highest BCUT2D eigenvalue weighted by Crippen LogP contribution is 2.18. The normalized spacial score (nSPS) is 16.1. The Morgan fingerprint density at radius 2 is 1.70 bits per heavy atom. The van der Waals surface area contributed by atoms with Gasteiger partial charge in [0.1, 0.15) is 0 Å². The number of thioether (sulfide) groups is 1. The van der Waals surface area contributed by atoms with Crippen LogP contribution in [0.2, 0.25) is 0 Å². The molecule has 0 aliphatic carbocycles. The molecule has 1 heterocycles. The summed E-state index contributed by atoms with van der Waals surface area (Å²) in [7, 11) is -3.50. The van der Waals surface area contributed by atoms with E-state index in [0.717, 1.165) is 11.1 Å². The van der Waals surface area contributed by atoms with Crippen LogP contribution in [0.4, 0.5) is 0 Å². The molecule has 9 heteroatoms. The van der Waals surface area contributed by atoms with E-state index in [1.807, 2.05) is 42.3 Å². The van der Waals surface area contributed by atoms with Crippen molar-refractivity contribution in [2.45, 2.75) is 16.7 Å². The maximum atomic E-state index is 12.8. The fraction of sp³-hybridized carbons (Fsp3) is 0.333. The minimum absolute atomic E-state index is 0.182. The molecule has 2 aromatic carbocycles. The molecule has 160 valence electrons. The molecular weight excluding hydrogens is 420 g/mol. The Bertz CT molecular complexity index is 982. The molecule has 7 nitrogen and oxygen atoms in total. The van der Waals surface area contributed by atoms with E-state index in [0.29, 0.717) is 31.1 Å². The molecule has 0 saturated carbocycles. The second-order valence-electron chi connectivity index (χ2n) is 7.06. The Morgan fingerprint density at radius 3 is 2.30 bits per heavy atom. The van der Waals surface area contributed by atoms with Crippen molar-refractivity contribution in [3.63, 3.8) is 0 Å². The topological polar surface area (TPSA) is 82.1 Å². The minimum Gasteiger partial charge on any atom is -0.292 e. The van der Waals surface area contributed by atoms with E-state index >= 15 is 0 Å². The first kappa shape index (κ1) is 22.5. The van der Waals surface area contributed by atoms with Gasteiger partial charge >= 0.3 is 0 Å². The SMILES string of the molecule is CSc1ccc(/C=N/NC(=O)CN2CCN(S(=O)(=O)c3ccc(C)cc3)CC2)cc1. The number of piperazine rings is 1. The van der Waals surface area contributed by atoms with Crippen molar-refractivity contribution >= 4 is 33.9 Å². The first-order valence-corrected chi connectivity index (χ1v) is 12.3. The smallest absolute Gasteiger partial charge is 0.254 e. The molecule has 2 aromatic rings. The van der Waals surface area contributed by atoms with Gasteiger partial charge in [0.05, 0.1) is 17.7 Å². The predicted octanol–water partition coefficient (Wildman–Crippen LogP) is 2.17. The maximum absolute atomic E-state index is 12.8. The van der Waals surface area contributed by atoms with E-state index in [-0.39, 0.29) is 12.5 Å². The van der Waals surface area contributed by atoms with Crippen molar-refractivity contribution in [1.82, 2.24) is 14.6 Å². The summed E-state index contributed by atoms with van der Waals surface area (Å²) in [4.78, 5) is 15.5. The van der Waals surface area contributed by atoms with E-state index in [9.17, 15) is 13.2 Å². The van der Waals surface area contributed by atoms with Crippen molar-refractivity contribution in [2.24, 2.45) is 5.10 Å². The summed E-state index contributed by atoms with van der Waals surface area (Å²) in [5.41, 5.74) is 4.45. The van der Waals surface area contributed by atoms with Crippen LogP contribution >= 0.6 is 11.8 Å². The van der Waals surface area contributed by atoms with Gasteiger partial charge in [-0.25, -0.2) is 13.8 Å². The first-order chi connectivity index (χ1) is 14.4. The molecule has 0 radical (unpaired) electrons. The van der Waals surface area contributed by atoms with Gasteiger partial charge in [-0.3, -0.25) is 9.69 Å². The summed E-state index contributed by atoms with van der Waals surface area (Å²) in [5, 5.41) is 4.00. The summed E-state index contributed by atoms with van der Waals surface area (Å²) in [6, 6.07) is 14.7. The molecule has 1 saturated heterocycles. The third kappa shape index (κ3) is 5.91. The lowest BCUT2D eigenvalue weighted by molar-refractivity contribution is -0.122. The quantitative estimate of drug-likeness (QED) is 0.401. The second kappa shape index (κ2) is 10.2. The number of carbonyl (C=O) groups excluding carboxylic acids is 1. The van der Waals surface area contributed by atoms with Crippen molar-refractivity contribution in [1.29, 1.82) is 0 Å². The Morgan fingerprint density at radius 1 is 1.07 bits per heavy atom. The molecule has 3 rings (SSSR count). The monoisotopic (exact) mass is 446 g/mol. The Hall–Kier alpha value is -2.20. The average molecular weight is 447 g/mol. The van der Waals surface area contributed by atoms with E-state index < -0.39 is 10.0 Å². The van der Waals surface area contributed by atoms with Gasteiger partial charge in [-0.05, 0) is 43.0 Å². The van der Waals surface area contributed by atoms with E-state index in [1.54, 1.807) is 42.2 Å². The second-order valence-corrected chi connectivity index (χ2v) is 9.88. The Labute approximate surface area is 182 Å². The van der Waals surface area contributed by atoms with Crippen molar-refractivity contribution < 1.29 is 13.2 Å². The van der Waals surface area contributed by atoms with Gasteiger partial charge in [-0.15, -0.1) is 11.8 Å². The molecule has 1 aliphatic heterocycles. The zero-order chi connectivity index (χ0) is 21.6. The van der Waals surface area contributed by atoms with Crippen molar-refractivity contribution in [2.75, 3.05) is 39.0 Å². The van der Waals surface area contributed by atoms with Crippen LogP contribution in [0.3, 0.4) is 0 Å². The highest BCUT2D eigenvalue weighted by Gasteiger charge is 2.28. The molecule has 1 amide bonds. The van der Waals surface area contributed by atoms with Gasteiger partial charge in [-0.2, -0.15) is 9.41 Å². The fourth-order valence-corrected chi connectivity index (χ4v) is 4.92. The summed E-state index contributed by atoms with van der Waals surface area (Å²) in [6.45, 7) is 3.81. The largest absolute Gasteiger partial charge is 0.292 e. The number of carbonyl (C=O) groups is 1. The van der Waals surface area contributed by atoms with Crippen LogP contribution in [0.25, 0.3) is 0 Å². The number of nitrogens with zero attached hydrogens (tertiary/aromatic N) is 3.